The summed E-state index contributed by atoms with van der Waals surface area (Å²) in [6.07, 6.45) is 7.13. The number of nitrogens with zero attached hydrogens (tertiary/aromatic N) is 2. The van der Waals surface area contributed by atoms with Crippen LogP contribution in [0.2, 0.25) is 0 Å². The number of hydrogen-bond acceptors (Lipinski definition) is 1. The Morgan fingerprint density at radius 3 is 2.32 bits per heavy atom. The fraction of sp³-hybridized carbons (Fsp3) is 0.323. The van der Waals surface area contributed by atoms with Crippen LogP contribution in [-0.4, -0.2) is 28.5 Å². The normalized spacial score (nSPS) is 14.6. The Kier molecular flexibility index (Phi) is 6.80. The number of carbonyl (C=O) groups is 1. The van der Waals surface area contributed by atoms with Crippen molar-refractivity contribution >= 4 is 16.8 Å². The topological polar surface area (TPSA) is 25.2 Å². The molecule has 1 aliphatic rings. The third-order valence-corrected chi connectivity index (χ3v) is 7.24. The summed E-state index contributed by atoms with van der Waals surface area (Å²) in [5.74, 6) is 0.517. The third-order valence-electron chi connectivity index (χ3n) is 7.24. The van der Waals surface area contributed by atoms with E-state index in [1.165, 1.54) is 33.2 Å². The fourth-order valence-electron chi connectivity index (χ4n) is 5.28. The molecule has 1 aromatic heterocycles. The van der Waals surface area contributed by atoms with Gasteiger partial charge in [0.2, 0.25) is 5.91 Å². The second-order valence-corrected chi connectivity index (χ2v) is 9.73. The minimum Gasteiger partial charge on any atom is -0.343 e. The van der Waals surface area contributed by atoms with E-state index >= 15 is 0 Å². The van der Waals surface area contributed by atoms with Gasteiger partial charge in [0, 0.05) is 43.2 Å². The average molecular weight is 451 g/mol. The zero-order valence-electron chi connectivity index (χ0n) is 20.1. The van der Waals surface area contributed by atoms with Crippen LogP contribution in [0.3, 0.4) is 0 Å². The smallest absolute Gasteiger partial charge is 0.223 e. The van der Waals surface area contributed by atoms with Crippen LogP contribution in [0.4, 0.5) is 0 Å². The van der Waals surface area contributed by atoms with Crippen molar-refractivity contribution in [2.45, 2.75) is 51.5 Å². The summed E-state index contributed by atoms with van der Waals surface area (Å²) in [6, 6.07) is 28.1. The van der Waals surface area contributed by atoms with Crippen LogP contribution < -0.4 is 0 Å². The Morgan fingerprint density at radius 2 is 1.56 bits per heavy atom. The van der Waals surface area contributed by atoms with Crippen molar-refractivity contribution in [3.8, 4) is 0 Å². The molecule has 2 heterocycles. The van der Waals surface area contributed by atoms with E-state index in [0.717, 1.165) is 45.3 Å². The van der Waals surface area contributed by atoms with Gasteiger partial charge in [-0.05, 0) is 61.3 Å². The third kappa shape index (κ3) is 5.09. The Hall–Kier alpha value is -3.33. The maximum absolute atomic E-state index is 13.2. The first-order valence-electron chi connectivity index (χ1n) is 12.6. The van der Waals surface area contributed by atoms with Crippen LogP contribution in [0.1, 0.15) is 53.9 Å². The van der Waals surface area contributed by atoms with Gasteiger partial charge in [-0.2, -0.15) is 0 Å². The molecule has 1 fully saturated rings. The number of benzene rings is 3. The molecule has 1 aliphatic heterocycles. The number of hydrogen-bond donors (Lipinski definition) is 0. The van der Waals surface area contributed by atoms with Crippen molar-refractivity contribution in [3.63, 3.8) is 0 Å². The van der Waals surface area contributed by atoms with Gasteiger partial charge in [0.15, 0.2) is 0 Å². The number of rotatable bonds is 8. The van der Waals surface area contributed by atoms with E-state index < -0.39 is 0 Å². The number of amides is 1. The SMILES string of the molecule is Cc1ccc(Cn2cc([C@H](CCc3ccccc3)CC(=O)N3CCCC3)c3ccccc32)cc1. The van der Waals surface area contributed by atoms with E-state index in [-0.39, 0.29) is 5.92 Å². The van der Waals surface area contributed by atoms with Gasteiger partial charge >= 0.3 is 0 Å². The first-order chi connectivity index (χ1) is 16.7. The molecule has 0 N–H and O–H groups in total. The van der Waals surface area contributed by atoms with Crippen molar-refractivity contribution in [3.05, 3.63) is 107 Å². The molecular weight excluding hydrogens is 416 g/mol. The van der Waals surface area contributed by atoms with Gasteiger partial charge in [-0.15, -0.1) is 0 Å². The van der Waals surface area contributed by atoms with Crippen molar-refractivity contribution in [2.75, 3.05) is 13.1 Å². The van der Waals surface area contributed by atoms with Crippen molar-refractivity contribution < 1.29 is 4.79 Å². The molecule has 5 rings (SSSR count). The molecule has 1 atom stereocenters. The summed E-state index contributed by atoms with van der Waals surface area (Å²) < 4.78 is 2.37. The highest BCUT2D eigenvalue weighted by Crippen LogP contribution is 2.34. The van der Waals surface area contributed by atoms with Gasteiger partial charge in [0.25, 0.3) is 0 Å². The molecule has 0 spiro atoms. The van der Waals surface area contributed by atoms with Crippen LogP contribution in [0.25, 0.3) is 10.9 Å². The Morgan fingerprint density at radius 1 is 0.853 bits per heavy atom. The number of para-hydroxylation sites is 1. The molecule has 1 saturated heterocycles. The molecule has 4 aromatic rings. The molecule has 1 amide bonds. The summed E-state index contributed by atoms with van der Waals surface area (Å²) >= 11 is 0. The lowest BCUT2D eigenvalue weighted by molar-refractivity contribution is -0.130. The Bertz CT molecular complexity index is 1230. The van der Waals surface area contributed by atoms with Gasteiger partial charge < -0.3 is 9.47 Å². The minimum absolute atomic E-state index is 0.206. The van der Waals surface area contributed by atoms with Crippen LogP contribution in [0, 0.1) is 6.92 Å². The maximum atomic E-state index is 13.2. The molecule has 0 bridgehead atoms. The highest BCUT2D eigenvalue weighted by molar-refractivity contribution is 5.86. The summed E-state index contributed by atoms with van der Waals surface area (Å²) in [7, 11) is 0. The first-order valence-corrected chi connectivity index (χ1v) is 12.6. The fourth-order valence-corrected chi connectivity index (χ4v) is 5.28. The van der Waals surface area contributed by atoms with E-state index in [1.807, 2.05) is 0 Å². The van der Waals surface area contributed by atoms with Gasteiger partial charge in [0.1, 0.15) is 0 Å². The van der Waals surface area contributed by atoms with Gasteiger partial charge in [-0.25, -0.2) is 0 Å². The molecule has 174 valence electrons. The average Bonchev–Trinajstić information content (AvgIpc) is 3.53. The summed E-state index contributed by atoms with van der Waals surface area (Å²) in [4.78, 5) is 15.3. The predicted octanol–water partition coefficient (Wildman–Crippen LogP) is 6.73. The van der Waals surface area contributed by atoms with E-state index in [4.69, 9.17) is 0 Å². The van der Waals surface area contributed by atoms with Gasteiger partial charge in [-0.3, -0.25) is 4.79 Å². The van der Waals surface area contributed by atoms with E-state index in [2.05, 4.69) is 101 Å². The molecule has 0 radical (unpaired) electrons. The van der Waals surface area contributed by atoms with Crippen LogP contribution >= 0.6 is 0 Å². The summed E-state index contributed by atoms with van der Waals surface area (Å²) in [5.41, 5.74) is 6.47. The molecule has 3 nitrogen and oxygen atoms in total. The Balaban J connectivity index is 1.47. The molecule has 3 heteroatoms. The predicted molar refractivity (Wildman–Crippen MR) is 140 cm³/mol. The van der Waals surface area contributed by atoms with Crippen LogP contribution in [0.5, 0.6) is 0 Å². The van der Waals surface area contributed by atoms with Crippen molar-refractivity contribution in [2.24, 2.45) is 0 Å². The highest BCUT2D eigenvalue weighted by atomic mass is 16.2. The molecular formula is C31H34N2O. The van der Waals surface area contributed by atoms with Crippen LogP contribution in [-0.2, 0) is 17.8 Å². The minimum atomic E-state index is 0.206. The van der Waals surface area contributed by atoms with Gasteiger partial charge in [-0.1, -0.05) is 78.4 Å². The Labute approximate surface area is 203 Å². The lowest BCUT2D eigenvalue weighted by atomic mass is 9.89. The van der Waals surface area contributed by atoms with Gasteiger partial charge in [0.05, 0.1) is 0 Å². The monoisotopic (exact) mass is 450 g/mol. The van der Waals surface area contributed by atoms with E-state index in [9.17, 15) is 4.79 Å². The first kappa shape index (κ1) is 22.5. The van der Waals surface area contributed by atoms with Crippen LogP contribution in [0.15, 0.2) is 85.1 Å². The molecule has 0 saturated carbocycles. The zero-order valence-corrected chi connectivity index (χ0v) is 20.1. The summed E-state index contributed by atoms with van der Waals surface area (Å²) in [5, 5.41) is 1.28. The maximum Gasteiger partial charge on any atom is 0.223 e. The second-order valence-electron chi connectivity index (χ2n) is 9.73. The molecule has 34 heavy (non-hydrogen) atoms. The summed E-state index contributed by atoms with van der Waals surface area (Å²) in [6.45, 7) is 4.80. The number of aryl methyl sites for hydroxylation is 2. The number of aromatic nitrogens is 1. The van der Waals surface area contributed by atoms with Crippen molar-refractivity contribution in [1.29, 1.82) is 0 Å². The van der Waals surface area contributed by atoms with E-state index in [1.54, 1.807) is 0 Å². The molecule has 3 aromatic carbocycles. The zero-order chi connectivity index (χ0) is 23.3. The van der Waals surface area contributed by atoms with Crippen molar-refractivity contribution in [1.82, 2.24) is 9.47 Å². The second kappa shape index (κ2) is 10.3. The lowest BCUT2D eigenvalue weighted by Crippen LogP contribution is -2.29. The number of carbonyl (C=O) groups excluding carboxylic acids is 1. The number of fused-ring (bicyclic) bond motifs is 1. The standard InChI is InChI=1S/C31H34N2O/c1-24-13-15-26(16-14-24)22-33-23-29(28-11-5-6-12-30(28)33)27(18-17-25-9-3-2-4-10-25)21-31(34)32-19-7-8-20-32/h2-6,9-16,23,27H,7-8,17-22H2,1H3/t27-/m1/s1. The molecule has 0 aliphatic carbocycles. The highest BCUT2D eigenvalue weighted by Gasteiger charge is 2.25. The number of likely N-dealkylation sites (tertiary alicyclic amines) is 1. The lowest BCUT2D eigenvalue weighted by Gasteiger charge is -2.21. The quantitative estimate of drug-likeness (QED) is 0.292. The molecule has 0 unspecified atom stereocenters. The largest absolute Gasteiger partial charge is 0.343 e. The van der Waals surface area contributed by atoms with E-state index in [0.29, 0.717) is 12.3 Å².